The maximum Gasteiger partial charge on any atom is 0.391 e. The van der Waals surface area contributed by atoms with Gasteiger partial charge in [-0.15, -0.1) is 0 Å². The van der Waals surface area contributed by atoms with E-state index >= 15 is 0 Å². The molecule has 10 heteroatoms. The van der Waals surface area contributed by atoms with Crippen molar-refractivity contribution in [2.75, 3.05) is 6.61 Å². The number of hydrogen-bond acceptors (Lipinski definition) is 3. The molecule has 25 heavy (non-hydrogen) atoms. The SMILES string of the molecule is O=C(O)C(CC(F)(F)F)NC(=O)[C@@H]1CCO[C@H]1c1ccc(Cl)c(F)c1. The number of alkyl halides is 3. The first-order valence-corrected chi connectivity index (χ1v) is 7.63. The lowest BCUT2D eigenvalue weighted by Gasteiger charge is -2.22. The van der Waals surface area contributed by atoms with Crippen LogP contribution in [0.4, 0.5) is 17.6 Å². The Kier molecular flexibility index (Phi) is 5.89. The van der Waals surface area contributed by atoms with Gasteiger partial charge >= 0.3 is 12.1 Å². The fourth-order valence-electron chi connectivity index (χ4n) is 2.59. The average Bonchev–Trinajstić information content (AvgIpc) is 2.97. The number of amides is 1. The van der Waals surface area contributed by atoms with Crippen molar-refractivity contribution in [1.29, 1.82) is 0 Å². The van der Waals surface area contributed by atoms with Crippen molar-refractivity contribution in [3.8, 4) is 0 Å². The molecule has 0 spiro atoms. The van der Waals surface area contributed by atoms with Gasteiger partial charge in [0.1, 0.15) is 11.9 Å². The molecular formula is C15H14ClF4NO4. The van der Waals surface area contributed by atoms with E-state index in [4.69, 9.17) is 21.4 Å². The van der Waals surface area contributed by atoms with Crippen molar-refractivity contribution in [1.82, 2.24) is 5.32 Å². The van der Waals surface area contributed by atoms with Crippen molar-refractivity contribution < 1.29 is 37.0 Å². The number of carbonyl (C=O) groups is 2. The number of aliphatic carboxylic acids is 1. The molecule has 1 aliphatic heterocycles. The van der Waals surface area contributed by atoms with Crippen LogP contribution >= 0.6 is 11.6 Å². The number of halogens is 5. The van der Waals surface area contributed by atoms with Gasteiger partial charge in [0.05, 0.1) is 23.5 Å². The van der Waals surface area contributed by atoms with Crippen LogP contribution in [0.5, 0.6) is 0 Å². The minimum Gasteiger partial charge on any atom is -0.480 e. The van der Waals surface area contributed by atoms with Crippen LogP contribution in [0.1, 0.15) is 24.5 Å². The zero-order valence-electron chi connectivity index (χ0n) is 12.6. The summed E-state index contributed by atoms with van der Waals surface area (Å²) in [6.45, 7) is 0.129. The van der Waals surface area contributed by atoms with Crippen molar-refractivity contribution >= 4 is 23.5 Å². The second-order valence-electron chi connectivity index (χ2n) is 5.58. The van der Waals surface area contributed by atoms with E-state index in [1.54, 1.807) is 0 Å². The lowest BCUT2D eigenvalue weighted by Crippen LogP contribution is -2.46. The van der Waals surface area contributed by atoms with E-state index in [9.17, 15) is 27.2 Å². The fraction of sp³-hybridized carbons (Fsp3) is 0.467. The van der Waals surface area contributed by atoms with Crippen molar-refractivity contribution in [2.45, 2.75) is 31.2 Å². The van der Waals surface area contributed by atoms with Crippen LogP contribution in [0.3, 0.4) is 0 Å². The summed E-state index contributed by atoms with van der Waals surface area (Å²) in [6.07, 6.45) is -7.17. The highest BCUT2D eigenvalue weighted by molar-refractivity contribution is 6.30. The number of carbonyl (C=O) groups excluding carboxylic acids is 1. The molecule has 1 aromatic rings. The van der Waals surface area contributed by atoms with Gasteiger partial charge in [0.25, 0.3) is 0 Å². The van der Waals surface area contributed by atoms with Crippen LogP contribution in [0.25, 0.3) is 0 Å². The molecule has 1 saturated heterocycles. The van der Waals surface area contributed by atoms with Gasteiger partial charge in [-0.05, 0) is 24.1 Å². The summed E-state index contributed by atoms with van der Waals surface area (Å²) in [5, 5.41) is 10.6. The van der Waals surface area contributed by atoms with E-state index in [0.717, 1.165) is 6.07 Å². The molecule has 1 aliphatic rings. The molecule has 0 bridgehead atoms. The van der Waals surface area contributed by atoms with Gasteiger partial charge in [0.15, 0.2) is 0 Å². The maximum atomic E-state index is 13.6. The topological polar surface area (TPSA) is 75.6 Å². The number of hydrogen-bond donors (Lipinski definition) is 2. The Morgan fingerprint density at radius 1 is 1.40 bits per heavy atom. The molecule has 0 aliphatic carbocycles. The van der Waals surface area contributed by atoms with E-state index in [2.05, 4.69) is 0 Å². The Balaban J connectivity index is 2.13. The van der Waals surface area contributed by atoms with E-state index in [1.807, 2.05) is 5.32 Å². The highest BCUT2D eigenvalue weighted by Crippen LogP contribution is 2.36. The Hall–Kier alpha value is -1.87. The van der Waals surface area contributed by atoms with Crippen molar-refractivity contribution in [2.24, 2.45) is 5.92 Å². The summed E-state index contributed by atoms with van der Waals surface area (Å²) in [5.74, 6) is -4.35. The van der Waals surface area contributed by atoms with Gasteiger partial charge in [-0.25, -0.2) is 9.18 Å². The maximum absolute atomic E-state index is 13.6. The lowest BCUT2D eigenvalue weighted by atomic mass is 9.94. The quantitative estimate of drug-likeness (QED) is 0.766. The highest BCUT2D eigenvalue weighted by Gasteiger charge is 2.40. The van der Waals surface area contributed by atoms with E-state index in [1.165, 1.54) is 12.1 Å². The van der Waals surface area contributed by atoms with E-state index in [0.29, 0.717) is 5.56 Å². The predicted molar refractivity (Wildman–Crippen MR) is 78.4 cm³/mol. The third kappa shape index (κ3) is 5.05. The molecule has 1 fully saturated rings. The van der Waals surface area contributed by atoms with Crippen LogP contribution in [-0.2, 0) is 14.3 Å². The molecule has 0 aromatic heterocycles. The molecule has 0 radical (unpaired) electrons. The van der Waals surface area contributed by atoms with Gasteiger partial charge in [0.2, 0.25) is 5.91 Å². The Morgan fingerprint density at radius 3 is 2.64 bits per heavy atom. The van der Waals surface area contributed by atoms with Gasteiger partial charge in [0, 0.05) is 6.61 Å². The Labute approximate surface area is 144 Å². The fourth-order valence-corrected chi connectivity index (χ4v) is 2.70. The zero-order chi connectivity index (χ0) is 18.8. The largest absolute Gasteiger partial charge is 0.480 e. The molecule has 2 rings (SSSR count). The number of nitrogens with one attached hydrogen (secondary N) is 1. The first-order chi connectivity index (χ1) is 11.6. The summed E-state index contributed by atoms with van der Waals surface area (Å²) in [5.41, 5.74) is 0.294. The smallest absolute Gasteiger partial charge is 0.391 e. The van der Waals surface area contributed by atoms with Crippen LogP contribution in [0.2, 0.25) is 5.02 Å². The standard InChI is InChI=1S/C15H14ClF4NO4/c16-9-2-1-7(5-10(9)17)12-8(3-4-25-12)13(22)21-11(14(23)24)6-15(18,19)20/h1-2,5,8,11-12H,3-4,6H2,(H,21,22)(H,23,24)/t8-,11?,12+/m1/s1. The third-order valence-electron chi connectivity index (χ3n) is 3.75. The van der Waals surface area contributed by atoms with Gasteiger partial charge in [-0.3, -0.25) is 4.79 Å². The summed E-state index contributed by atoms with van der Waals surface area (Å²) in [7, 11) is 0. The summed E-state index contributed by atoms with van der Waals surface area (Å²) >= 11 is 5.58. The lowest BCUT2D eigenvalue weighted by molar-refractivity contribution is -0.160. The Bertz CT molecular complexity index is 667. The molecule has 1 amide bonds. The summed E-state index contributed by atoms with van der Waals surface area (Å²) < 4.78 is 56.2. The van der Waals surface area contributed by atoms with Crippen LogP contribution in [0, 0.1) is 11.7 Å². The molecule has 1 aromatic carbocycles. The molecule has 3 atom stereocenters. The predicted octanol–water partition coefficient (Wildman–Crippen LogP) is 3.08. The van der Waals surface area contributed by atoms with Crippen molar-refractivity contribution in [3.63, 3.8) is 0 Å². The molecule has 1 heterocycles. The van der Waals surface area contributed by atoms with Gasteiger partial charge < -0.3 is 15.2 Å². The zero-order valence-corrected chi connectivity index (χ0v) is 13.4. The van der Waals surface area contributed by atoms with Gasteiger partial charge in [-0.2, -0.15) is 13.2 Å². The van der Waals surface area contributed by atoms with Crippen LogP contribution in [-0.4, -0.2) is 35.8 Å². The number of ether oxygens (including phenoxy) is 1. The minimum absolute atomic E-state index is 0.126. The Morgan fingerprint density at radius 2 is 2.08 bits per heavy atom. The first-order valence-electron chi connectivity index (χ1n) is 7.25. The van der Waals surface area contributed by atoms with E-state index in [-0.39, 0.29) is 18.1 Å². The number of benzene rings is 1. The normalized spacial score (nSPS) is 21.8. The number of carboxylic acid groups (broad SMARTS) is 1. The first kappa shape index (κ1) is 19.5. The summed E-state index contributed by atoms with van der Waals surface area (Å²) in [6, 6.07) is 1.68. The molecule has 5 nitrogen and oxygen atoms in total. The highest BCUT2D eigenvalue weighted by atomic mass is 35.5. The minimum atomic E-state index is -4.75. The molecule has 138 valence electrons. The number of rotatable bonds is 5. The third-order valence-corrected chi connectivity index (χ3v) is 4.06. The van der Waals surface area contributed by atoms with Gasteiger partial charge in [-0.1, -0.05) is 17.7 Å². The van der Waals surface area contributed by atoms with Crippen LogP contribution in [0.15, 0.2) is 18.2 Å². The molecular weight excluding hydrogens is 370 g/mol. The molecule has 2 N–H and O–H groups in total. The molecule has 1 unspecified atom stereocenters. The average molecular weight is 384 g/mol. The van der Waals surface area contributed by atoms with E-state index < -0.39 is 48.4 Å². The number of carboxylic acids is 1. The monoisotopic (exact) mass is 383 g/mol. The van der Waals surface area contributed by atoms with Crippen molar-refractivity contribution in [3.05, 3.63) is 34.6 Å². The molecule has 0 saturated carbocycles. The second kappa shape index (κ2) is 7.57. The second-order valence-corrected chi connectivity index (χ2v) is 5.99. The summed E-state index contributed by atoms with van der Waals surface area (Å²) in [4.78, 5) is 23.2. The van der Waals surface area contributed by atoms with Crippen LogP contribution < -0.4 is 5.32 Å².